The Morgan fingerprint density at radius 3 is 2.36 bits per heavy atom. The molecule has 0 spiro atoms. The van der Waals surface area contributed by atoms with E-state index < -0.39 is 17.5 Å². The van der Waals surface area contributed by atoms with Crippen molar-refractivity contribution in [3.63, 3.8) is 0 Å². The molecule has 132 valence electrons. The lowest BCUT2D eigenvalue weighted by molar-refractivity contribution is -0.129. The molecule has 0 aliphatic carbocycles. The highest BCUT2D eigenvalue weighted by Gasteiger charge is 2.13. The number of nitrogens with zero attached hydrogens (tertiary/aromatic N) is 1. The fraction of sp³-hybridized carbons (Fsp3) is 0.263. The predicted octanol–water partition coefficient (Wildman–Crippen LogP) is 3.65. The summed E-state index contributed by atoms with van der Waals surface area (Å²) >= 11 is 0. The Labute approximate surface area is 145 Å². The molecule has 0 fully saturated rings. The first-order valence-electron chi connectivity index (χ1n) is 7.91. The summed E-state index contributed by atoms with van der Waals surface area (Å²) in [6.45, 7) is 4.02. The van der Waals surface area contributed by atoms with Crippen molar-refractivity contribution >= 4 is 17.5 Å². The number of amides is 2. The van der Waals surface area contributed by atoms with Gasteiger partial charge in [0, 0.05) is 32.5 Å². The van der Waals surface area contributed by atoms with E-state index in [1.807, 2.05) is 31.2 Å². The van der Waals surface area contributed by atoms with Gasteiger partial charge in [-0.2, -0.15) is 0 Å². The molecule has 0 saturated carbocycles. The molecule has 1 N–H and O–H groups in total. The molecule has 0 aromatic heterocycles. The Morgan fingerprint density at radius 1 is 1.08 bits per heavy atom. The number of aryl methyl sites for hydroxylation is 1. The van der Waals surface area contributed by atoms with E-state index >= 15 is 0 Å². The van der Waals surface area contributed by atoms with E-state index in [1.165, 1.54) is 6.92 Å². The van der Waals surface area contributed by atoms with Crippen LogP contribution in [0.3, 0.4) is 0 Å². The van der Waals surface area contributed by atoms with Crippen molar-refractivity contribution in [2.45, 2.75) is 26.8 Å². The van der Waals surface area contributed by atoms with Crippen molar-refractivity contribution in [2.75, 3.05) is 11.9 Å². The molecule has 2 rings (SSSR count). The van der Waals surface area contributed by atoms with Gasteiger partial charge in [-0.05, 0) is 24.6 Å². The van der Waals surface area contributed by atoms with Crippen molar-refractivity contribution in [1.82, 2.24) is 4.90 Å². The quantitative estimate of drug-likeness (QED) is 0.868. The van der Waals surface area contributed by atoms with Crippen LogP contribution in [0.15, 0.2) is 42.5 Å². The minimum Gasteiger partial charge on any atom is -0.338 e. The lowest BCUT2D eigenvalue weighted by Gasteiger charge is -2.21. The third-order valence-electron chi connectivity index (χ3n) is 3.75. The smallest absolute Gasteiger partial charge is 0.226 e. The summed E-state index contributed by atoms with van der Waals surface area (Å²) in [7, 11) is 0. The molecule has 0 atom stereocenters. The van der Waals surface area contributed by atoms with Crippen molar-refractivity contribution < 1.29 is 18.4 Å². The molecule has 2 aromatic rings. The molecule has 4 nitrogen and oxygen atoms in total. The number of carbonyl (C=O) groups excluding carboxylic acids is 2. The van der Waals surface area contributed by atoms with E-state index in [9.17, 15) is 18.4 Å². The Balaban J connectivity index is 1.92. The van der Waals surface area contributed by atoms with Gasteiger partial charge in [0.2, 0.25) is 11.8 Å². The summed E-state index contributed by atoms with van der Waals surface area (Å²) in [5.41, 5.74) is 2.00. The van der Waals surface area contributed by atoms with Gasteiger partial charge in [0.1, 0.15) is 11.6 Å². The van der Waals surface area contributed by atoms with E-state index in [0.29, 0.717) is 12.6 Å². The Hall–Kier alpha value is -2.76. The molecule has 0 saturated heterocycles. The largest absolute Gasteiger partial charge is 0.338 e. The van der Waals surface area contributed by atoms with E-state index in [-0.39, 0.29) is 24.6 Å². The summed E-state index contributed by atoms with van der Waals surface area (Å²) < 4.78 is 26.4. The van der Waals surface area contributed by atoms with Crippen molar-refractivity contribution in [3.8, 4) is 0 Å². The summed E-state index contributed by atoms with van der Waals surface area (Å²) in [6, 6.07) is 10.7. The zero-order chi connectivity index (χ0) is 18.4. The molecule has 0 unspecified atom stereocenters. The minimum atomic E-state index is -0.837. The summed E-state index contributed by atoms with van der Waals surface area (Å²) in [5.74, 6) is -2.14. The Kier molecular flexibility index (Phi) is 6.22. The first-order valence-corrected chi connectivity index (χ1v) is 7.91. The summed E-state index contributed by atoms with van der Waals surface area (Å²) in [6.07, 6.45) is 0.0161. The number of nitrogens with one attached hydrogen (secondary N) is 1. The van der Waals surface area contributed by atoms with Crippen LogP contribution < -0.4 is 5.32 Å². The molecule has 0 heterocycles. The summed E-state index contributed by atoms with van der Waals surface area (Å²) in [4.78, 5) is 25.3. The number of hydrogen-bond donors (Lipinski definition) is 1. The maximum Gasteiger partial charge on any atom is 0.226 e. The van der Waals surface area contributed by atoms with Crippen molar-refractivity contribution in [1.29, 1.82) is 0 Å². The fourth-order valence-electron chi connectivity index (χ4n) is 2.30. The molecule has 2 amide bonds. The Morgan fingerprint density at radius 2 is 1.76 bits per heavy atom. The van der Waals surface area contributed by atoms with Crippen LogP contribution in [0.4, 0.5) is 14.5 Å². The van der Waals surface area contributed by atoms with Gasteiger partial charge in [0.15, 0.2) is 0 Å². The molecular weight excluding hydrogens is 326 g/mol. The number of hydrogen-bond acceptors (Lipinski definition) is 2. The number of anilines is 1. The van der Waals surface area contributed by atoms with Crippen LogP contribution in [0, 0.1) is 18.6 Å². The van der Waals surface area contributed by atoms with E-state index in [1.54, 1.807) is 4.90 Å². The van der Waals surface area contributed by atoms with Crippen LogP contribution in [-0.4, -0.2) is 23.3 Å². The van der Waals surface area contributed by atoms with Gasteiger partial charge in [0.25, 0.3) is 0 Å². The highest BCUT2D eigenvalue weighted by Crippen LogP contribution is 2.15. The van der Waals surface area contributed by atoms with Crippen molar-refractivity contribution in [2.24, 2.45) is 0 Å². The third-order valence-corrected chi connectivity index (χ3v) is 3.75. The van der Waals surface area contributed by atoms with Gasteiger partial charge >= 0.3 is 0 Å². The molecule has 0 aliphatic heterocycles. The van der Waals surface area contributed by atoms with Crippen LogP contribution >= 0.6 is 0 Å². The Bertz CT molecular complexity index is 761. The van der Waals surface area contributed by atoms with Gasteiger partial charge in [-0.3, -0.25) is 9.59 Å². The van der Waals surface area contributed by atoms with Gasteiger partial charge in [0.05, 0.1) is 5.69 Å². The maximum absolute atomic E-state index is 13.5. The molecule has 2 aromatic carbocycles. The standard InChI is InChI=1S/C19H20F2N2O2/c1-13-3-5-15(6-4-13)12-23(14(2)24)10-9-19(25)22-18-8-7-16(20)11-17(18)21/h3-8,11H,9-10,12H2,1-2H3,(H,22,25). The van der Waals surface area contributed by atoms with Gasteiger partial charge < -0.3 is 10.2 Å². The van der Waals surface area contributed by atoms with Crippen LogP contribution in [0.1, 0.15) is 24.5 Å². The first kappa shape index (κ1) is 18.6. The van der Waals surface area contributed by atoms with Gasteiger partial charge in [-0.1, -0.05) is 29.8 Å². The predicted molar refractivity (Wildman–Crippen MR) is 91.9 cm³/mol. The SMILES string of the molecule is CC(=O)N(CCC(=O)Nc1ccc(F)cc1F)Cc1ccc(C)cc1. The molecule has 0 aliphatic rings. The average molecular weight is 346 g/mol. The maximum atomic E-state index is 13.5. The highest BCUT2D eigenvalue weighted by molar-refractivity contribution is 5.91. The lowest BCUT2D eigenvalue weighted by atomic mass is 10.1. The minimum absolute atomic E-state index is 0.0161. The average Bonchev–Trinajstić information content (AvgIpc) is 2.55. The normalized spacial score (nSPS) is 10.4. The van der Waals surface area contributed by atoms with E-state index in [0.717, 1.165) is 23.3 Å². The lowest BCUT2D eigenvalue weighted by Crippen LogP contribution is -2.31. The second-order valence-corrected chi connectivity index (χ2v) is 5.85. The van der Waals surface area contributed by atoms with E-state index in [2.05, 4.69) is 5.32 Å². The zero-order valence-electron chi connectivity index (χ0n) is 14.2. The number of halogens is 2. The third kappa shape index (κ3) is 5.67. The van der Waals surface area contributed by atoms with Gasteiger partial charge in [-0.25, -0.2) is 8.78 Å². The summed E-state index contributed by atoms with van der Waals surface area (Å²) in [5, 5.41) is 2.38. The monoisotopic (exact) mass is 346 g/mol. The number of benzene rings is 2. The first-order chi connectivity index (χ1) is 11.8. The van der Waals surface area contributed by atoms with Crippen LogP contribution in [-0.2, 0) is 16.1 Å². The van der Waals surface area contributed by atoms with E-state index in [4.69, 9.17) is 0 Å². The molecule has 25 heavy (non-hydrogen) atoms. The van der Waals surface area contributed by atoms with Gasteiger partial charge in [-0.15, -0.1) is 0 Å². The number of rotatable bonds is 6. The topological polar surface area (TPSA) is 49.4 Å². The molecule has 0 radical (unpaired) electrons. The van der Waals surface area contributed by atoms with Crippen LogP contribution in [0.2, 0.25) is 0 Å². The van der Waals surface area contributed by atoms with Crippen molar-refractivity contribution in [3.05, 3.63) is 65.2 Å². The zero-order valence-corrected chi connectivity index (χ0v) is 14.2. The fourth-order valence-corrected chi connectivity index (χ4v) is 2.30. The highest BCUT2D eigenvalue weighted by atomic mass is 19.1. The second-order valence-electron chi connectivity index (χ2n) is 5.85. The number of carbonyl (C=O) groups is 2. The molecular formula is C19H20F2N2O2. The van der Waals surface area contributed by atoms with Crippen LogP contribution in [0.25, 0.3) is 0 Å². The molecule has 0 bridgehead atoms. The van der Waals surface area contributed by atoms with Crippen LogP contribution in [0.5, 0.6) is 0 Å². The second kappa shape index (κ2) is 8.37. The molecule has 6 heteroatoms.